The fraction of sp³-hybridized carbons (Fsp3) is 0.527. The maximum absolute atomic E-state index is 11.2. The van der Waals surface area contributed by atoms with Crippen LogP contribution < -0.4 is 0 Å². The molecule has 2 saturated heterocycles. The molecular weight excluding hydrogens is 1160 g/mol. The number of nitrogens with zero attached hydrogens (tertiary/aromatic N) is 24. The fourth-order valence-corrected chi connectivity index (χ4v) is 10.7. The Morgan fingerprint density at radius 2 is 0.742 bits per heavy atom. The largest absolute Gasteiger partial charge is 0.390 e. The third-order valence-corrected chi connectivity index (χ3v) is 14.9. The lowest BCUT2D eigenvalue weighted by Crippen LogP contribution is -2.60. The predicted molar refractivity (Wildman–Crippen MR) is 317 cm³/mol. The number of hydrogen-bond acceptors (Lipinski definition) is 18. The standard InChI is InChI=1S/C29H34N12O5.C26H30N12O5/c1-2-13-42-26-21(35-39-31)14-22(36-40-32)27(28(26)44-18-20-11-7-4-8-12-20)46-29-23(37-41-33)15-24(25(45-29)16-34-38-30)43-17-19-9-5-3-6-10-19;27-35-31-13-22-21(40-14-16-7-3-1-4-8-16)12-20(34-38-30)26(42-22)43-24-19(33-37-29)11-18(32-36-28)23(39)25(24)41-15-17-9-5-2-6-10-17/h2-12,21-29H,1,13-18H2;1-10,18-26,39H,11-15H2/t21-,22+,23-,24+,25-,26+,27-,28-,29-;18-,19+,20-,21+,22-,23+,24-,25-,26-/m11/s1. The Morgan fingerprint density at radius 3 is 1.12 bits per heavy atom. The van der Waals surface area contributed by atoms with Gasteiger partial charge in [0.15, 0.2) is 12.6 Å². The number of aliphatic hydroxyl groups is 1. The van der Waals surface area contributed by atoms with Crippen LogP contribution in [0.2, 0.25) is 0 Å². The Hall–Kier alpha value is -9.30. The Kier molecular flexibility index (Phi) is 27.8. The van der Waals surface area contributed by atoms with Gasteiger partial charge in [0.25, 0.3) is 0 Å². The van der Waals surface area contributed by atoms with Crippen molar-refractivity contribution in [1.82, 2.24) is 0 Å². The van der Waals surface area contributed by atoms with Crippen molar-refractivity contribution in [2.75, 3.05) is 19.7 Å². The molecule has 0 amide bonds. The van der Waals surface area contributed by atoms with Gasteiger partial charge in [0.2, 0.25) is 0 Å². The number of azide groups is 8. The average molecular weight is 1220 g/mol. The molecule has 4 fully saturated rings. The molecule has 1 N–H and O–H groups in total. The molecule has 8 rings (SSSR count). The Morgan fingerprint density at radius 1 is 0.404 bits per heavy atom. The van der Waals surface area contributed by atoms with Gasteiger partial charge in [-0.2, -0.15) is 0 Å². The molecule has 2 heterocycles. The smallest absolute Gasteiger partial charge is 0.167 e. The molecule has 4 aliphatic rings. The Bertz CT molecular complexity index is 3270. The molecule has 2 aliphatic heterocycles. The van der Waals surface area contributed by atoms with Crippen LogP contribution in [0.5, 0.6) is 0 Å². The van der Waals surface area contributed by atoms with Gasteiger partial charge in [-0.15, -0.1) is 6.58 Å². The maximum atomic E-state index is 11.2. The summed E-state index contributed by atoms with van der Waals surface area (Å²) >= 11 is 0. The van der Waals surface area contributed by atoms with Gasteiger partial charge in [-0.05, 0) is 92.2 Å². The second kappa shape index (κ2) is 36.8. The number of aliphatic hydroxyl groups excluding tert-OH is 1. The summed E-state index contributed by atoms with van der Waals surface area (Å²) in [4.78, 5) is 23.4. The molecule has 34 heteroatoms. The monoisotopic (exact) mass is 1220 g/mol. The number of benzene rings is 4. The lowest BCUT2D eigenvalue weighted by atomic mass is 9.84. The first-order chi connectivity index (χ1) is 43.7. The number of rotatable bonds is 29. The number of hydrogen-bond donors (Lipinski definition) is 1. The van der Waals surface area contributed by atoms with Crippen LogP contribution in [0.3, 0.4) is 0 Å². The van der Waals surface area contributed by atoms with Crippen molar-refractivity contribution in [3.63, 3.8) is 0 Å². The molecule has 18 atom stereocenters. The second-order valence-corrected chi connectivity index (χ2v) is 20.5. The van der Waals surface area contributed by atoms with Gasteiger partial charge in [0.1, 0.15) is 12.2 Å². The van der Waals surface area contributed by atoms with E-state index < -0.39 is 110 Å². The second-order valence-electron chi connectivity index (χ2n) is 20.5. The minimum absolute atomic E-state index is 0.0327. The van der Waals surface area contributed by atoms with Crippen LogP contribution in [0.15, 0.2) is 175 Å². The van der Waals surface area contributed by atoms with Crippen molar-refractivity contribution < 1.29 is 47.7 Å². The van der Waals surface area contributed by atoms with E-state index in [1.807, 2.05) is 121 Å². The summed E-state index contributed by atoms with van der Waals surface area (Å²) in [6.45, 7) is 4.33. The van der Waals surface area contributed by atoms with Crippen molar-refractivity contribution in [2.24, 2.45) is 40.9 Å². The molecule has 2 aliphatic carbocycles. The van der Waals surface area contributed by atoms with E-state index in [2.05, 4.69) is 86.8 Å². The van der Waals surface area contributed by atoms with Crippen molar-refractivity contribution >= 4 is 0 Å². The first-order valence-electron chi connectivity index (χ1n) is 28.1. The first-order valence-corrected chi connectivity index (χ1v) is 28.1. The normalized spacial score (nSPS) is 29.4. The zero-order valence-electron chi connectivity index (χ0n) is 47.9. The van der Waals surface area contributed by atoms with Gasteiger partial charge in [0, 0.05) is 39.3 Å². The summed E-state index contributed by atoms with van der Waals surface area (Å²) < 4.78 is 56.1. The lowest BCUT2D eigenvalue weighted by Gasteiger charge is -2.47. The van der Waals surface area contributed by atoms with Gasteiger partial charge in [-0.25, -0.2) is 0 Å². The quantitative estimate of drug-likeness (QED) is 0.0232. The highest BCUT2D eigenvalue weighted by molar-refractivity contribution is 5.17. The molecule has 0 unspecified atom stereocenters. The molecule has 0 radical (unpaired) electrons. The molecular formula is C55H64N24O10. The van der Waals surface area contributed by atoms with Crippen LogP contribution in [0, 0.1) is 0 Å². The highest BCUT2D eigenvalue weighted by atomic mass is 16.7. The molecule has 4 aromatic carbocycles. The zero-order valence-corrected chi connectivity index (χ0v) is 47.9. The number of ether oxygens (including phenoxy) is 9. The summed E-state index contributed by atoms with van der Waals surface area (Å²) in [7, 11) is 0. The summed E-state index contributed by atoms with van der Waals surface area (Å²) in [5, 5.41) is 41.8. The topological polar surface area (TPSA) is 493 Å². The van der Waals surface area contributed by atoms with E-state index in [0.717, 1.165) is 22.3 Å². The molecule has 464 valence electrons. The molecule has 0 bridgehead atoms. The fourth-order valence-electron chi connectivity index (χ4n) is 10.7. The van der Waals surface area contributed by atoms with E-state index in [1.165, 1.54) is 0 Å². The van der Waals surface area contributed by atoms with E-state index >= 15 is 0 Å². The van der Waals surface area contributed by atoms with Crippen LogP contribution in [-0.2, 0) is 69.1 Å². The molecule has 0 aromatic heterocycles. The van der Waals surface area contributed by atoms with E-state index in [0.29, 0.717) is 0 Å². The van der Waals surface area contributed by atoms with Crippen LogP contribution in [-0.4, -0.2) is 135 Å². The van der Waals surface area contributed by atoms with Gasteiger partial charge >= 0.3 is 0 Å². The molecule has 4 aromatic rings. The van der Waals surface area contributed by atoms with Gasteiger partial charge in [-0.1, -0.05) is 168 Å². The summed E-state index contributed by atoms with van der Waals surface area (Å²) in [6, 6.07) is 32.1. The third-order valence-electron chi connectivity index (χ3n) is 14.9. The van der Waals surface area contributed by atoms with Gasteiger partial charge in [0.05, 0.1) is 131 Å². The van der Waals surface area contributed by atoms with E-state index in [9.17, 15) is 32.8 Å². The van der Waals surface area contributed by atoms with Crippen molar-refractivity contribution in [1.29, 1.82) is 0 Å². The van der Waals surface area contributed by atoms with Crippen molar-refractivity contribution in [3.05, 3.63) is 240 Å². The van der Waals surface area contributed by atoms with Gasteiger partial charge in [-0.3, -0.25) is 0 Å². The molecule has 89 heavy (non-hydrogen) atoms. The Labute approximate surface area is 508 Å². The van der Waals surface area contributed by atoms with E-state index in [-0.39, 0.29) is 71.8 Å². The first kappa shape index (κ1) is 67.2. The highest BCUT2D eigenvalue weighted by Crippen LogP contribution is 2.38. The van der Waals surface area contributed by atoms with Gasteiger partial charge < -0.3 is 47.7 Å². The van der Waals surface area contributed by atoms with E-state index in [4.69, 9.17) is 59.2 Å². The SMILES string of the molecule is C=CCO[C@@H]1[C@@H](OCc2ccccc2)[C@H](O[C@H]2O[C@H](CN=[N+]=[N-])[C@@H](OCc3ccccc3)C[C@H]2N=[N+]=[N-])[C@@H](N=[N+]=[N-])C[C@H]1N=[N+]=[N-].[N-]=[N+]=NC[C@H]1O[C@H](O[C@H]2[C@H](OCc3ccccc3)[C@@H](O)[C@H](N=[N+]=[N-])C[C@@H]2N=[N+]=[N-])[C@H](N=[N+]=[N-])C[C@@H]1OCc1ccccc1. The summed E-state index contributed by atoms with van der Waals surface area (Å²) in [5.41, 5.74) is 77.5. The Balaban J connectivity index is 0.000000254. The minimum Gasteiger partial charge on any atom is -0.390 e. The predicted octanol–water partition coefficient (Wildman–Crippen LogP) is 12.7. The third kappa shape index (κ3) is 19.9. The minimum atomic E-state index is -1.32. The van der Waals surface area contributed by atoms with E-state index in [1.54, 1.807) is 6.08 Å². The highest BCUT2D eigenvalue weighted by Gasteiger charge is 2.51. The van der Waals surface area contributed by atoms with Crippen LogP contribution in [0.25, 0.3) is 83.5 Å². The average Bonchev–Trinajstić information content (AvgIpc) is 1.61. The maximum Gasteiger partial charge on any atom is 0.167 e. The molecule has 0 spiro atoms. The summed E-state index contributed by atoms with van der Waals surface area (Å²) in [5.74, 6) is 0. The van der Waals surface area contributed by atoms with Crippen LogP contribution >= 0.6 is 0 Å². The molecule has 2 saturated carbocycles. The van der Waals surface area contributed by atoms with Crippen LogP contribution in [0.1, 0.15) is 47.9 Å². The molecule has 34 nitrogen and oxygen atoms in total. The van der Waals surface area contributed by atoms with Crippen LogP contribution in [0.4, 0.5) is 0 Å². The lowest BCUT2D eigenvalue weighted by molar-refractivity contribution is -0.279. The summed E-state index contributed by atoms with van der Waals surface area (Å²) in [6.07, 6.45) is -9.51. The zero-order chi connectivity index (χ0) is 63.0. The van der Waals surface area contributed by atoms with Crippen molar-refractivity contribution in [3.8, 4) is 0 Å². The van der Waals surface area contributed by atoms with Crippen molar-refractivity contribution in [2.45, 2.75) is 162 Å².